The van der Waals surface area contributed by atoms with Gasteiger partial charge in [0.05, 0.1) is 23.0 Å². The van der Waals surface area contributed by atoms with Crippen LogP contribution in [0.1, 0.15) is 30.9 Å². The van der Waals surface area contributed by atoms with Gasteiger partial charge in [-0.25, -0.2) is 4.79 Å². The number of nitro benzene ring substituents is 1. The van der Waals surface area contributed by atoms with E-state index in [1.807, 2.05) is 42.3 Å². The van der Waals surface area contributed by atoms with Gasteiger partial charge in [0.1, 0.15) is 12.5 Å². The molecule has 9 nitrogen and oxygen atoms in total. The van der Waals surface area contributed by atoms with Gasteiger partial charge in [0, 0.05) is 42.5 Å². The largest absolute Gasteiger partial charge is 0.465 e. The maximum Gasteiger partial charge on any atom is 0.336 e. The Morgan fingerprint density at radius 3 is 2.51 bits per heavy atom. The van der Waals surface area contributed by atoms with E-state index in [9.17, 15) is 19.7 Å². The van der Waals surface area contributed by atoms with Crippen molar-refractivity contribution >= 4 is 34.9 Å². The lowest BCUT2D eigenvalue weighted by Gasteiger charge is -2.32. The zero-order valence-corrected chi connectivity index (χ0v) is 21.8. The highest BCUT2D eigenvalue weighted by atomic mass is 35.5. The number of halogens is 1. The number of esters is 2. The van der Waals surface area contributed by atoms with Gasteiger partial charge in [-0.3, -0.25) is 24.8 Å². The lowest BCUT2D eigenvalue weighted by molar-refractivity contribution is -0.384. The molecule has 0 saturated carbocycles. The second kappa shape index (κ2) is 13.1. The highest BCUT2D eigenvalue weighted by molar-refractivity contribution is 6.31. The second-order valence-electron chi connectivity index (χ2n) is 8.65. The van der Waals surface area contributed by atoms with Crippen LogP contribution in [0.5, 0.6) is 0 Å². The topological polar surface area (TPSA) is 111 Å². The van der Waals surface area contributed by atoms with E-state index < -0.39 is 28.7 Å². The lowest BCUT2D eigenvalue weighted by atomic mass is 9.75. The maximum atomic E-state index is 13.4. The Balaban J connectivity index is 1.89. The summed E-state index contributed by atoms with van der Waals surface area (Å²) in [6.45, 7) is 4.69. The Kier molecular flexibility index (Phi) is 9.93. The van der Waals surface area contributed by atoms with Crippen molar-refractivity contribution in [3.05, 3.63) is 87.1 Å². The van der Waals surface area contributed by atoms with Gasteiger partial charge in [-0.2, -0.15) is 0 Å². The molecule has 10 heteroatoms. The fourth-order valence-corrected chi connectivity index (χ4v) is 4.58. The van der Waals surface area contributed by atoms with E-state index in [1.165, 1.54) is 18.2 Å². The van der Waals surface area contributed by atoms with Crippen LogP contribution in [0.3, 0.4) is 0 Å². The number of allylic oxidation sites excluding steroid dienone is 1. The zero-order chi connectivity index (χ0) is 26.9. The van der Waals surface area contributed by atoms with Crippen LogP contribution in [-0.4, -0.2) is 60.2 Å². The van der Waals surface area contributed by atoms with Crippen LogP contribution >= 0.6 is 11.6 Å². The van der Waals surface area contributed by atoms with Crippen LogP contribution in [0, 0.1) is 16.0 Å². The molecule has 196 valence electrons. The van der Waals surface area contributed by atoms with Crippen LogP contribution in [0.25, 0.3) is 0 Å². The number of carbonyl (C=O) groups is 2. The quantitative estimate of drug-likeness (QED) is 0.183. The molecule has 1 heterocycles. The van der Waals surface area contributed by atoms with Crippen molar-refractivity contribution in [2.45, 2.75) is 26.3 Å². The molecule has 0 aliphatic carbocycles. The molecule has 3 rings (SSSR count). The number of hydrogen-bond donors (Lipinski definition) is 0. The number of nitrogens with zero attached hydrogens (tertiary/aromatic N) is 3. The monoisotopic (exact) mass is 527 g/mol. The minimum atomic E-state index is -1.02. The number of carbonyl (C=O) groups excluding carboxylic acids is 2. The van der Waals surface area contributed by atoms with Crippen LogP contribution in [0.2, 0.25) is 0 Å². The van der Waals surface area contributed by atoms with Gasteiger partial charge >= 0.3 is 11.9 Å². The first-order chi connectivity index (χ1) is 17.8. The number of ether oxygens (including phenoxy) is 2. The first kappa shape index (κ1) is 28.0. The van der Waals surface area contributed by atoms with E-state index in [0.717, 1.165) is 5.56 Å². The van der Waals surface area contributed by atoms with Crippen molar-refractivity contribution in [2.24, 2.45) is 10.9 Å². The average molecular weight is 528 g/mol. The summed E-state index contributed by atoms with van der Waals surface area (Å²) in [5, 5.41) is 11.5. The number of nitro groups is 1. The van der Waals surface area contributed by atoms with E-state index in [-0.39, 0.29) is 30.4 Å². The fourth-order valence-electron chi connectivity index (χ4n) is 4.36. The Hall–Kier alpha value is -3.56. The molecule has 0 N–H and O–H groups in total. The molecule has 0 radical (unpaired) electrons. The summed E-state index contributed by atoms with van der Waals surface area (Å²) in [6, 6.07) is 15.8. The van der Waals surface area contributed by atoms with Crippen molar-refractivity contribution in [1.29, 1.82) is 0 Å². The number of likely N-dealkylation sites (N-methyl/N-ethyl adjacent to an activating group) is 1. The summed E-state index contributed by atoms with van der Waals surface area (Å²) in [6.07, 6.45) is 0. The van der Waals surface area contributed by atoms with Gasteiger partial charge in [0.2, 0.25) is 0 Å². The summed E-state index contributed by atoms with van der Waals surface area (Å²) in [7, 11) is 1.92. The third kappa shape index (κ3) is 7.02. The van der Waals surface area contributed by atoms with Gasteiger partial charge in [0.25, 0.3) is 5.69 Å². The normalized spacial score (nSPS) is 17.4. The summed E-state index contributed by atoms with van der Waals surface area (Å²) in [5.74, 6) is -3.25. The van der Waals surface area contributed by atoms with Gasteiger partial charge in [-0.1, -0.05) is 42.5 Å². The van der Waals surface area contributed by atoms with Crippen LogP contribution in [-0.2, 0) is 25.6 Å². The van der Waals surface area contributed by atoms with Gasteiger partial charge in [0.15, 0.2) is 0 Å². The summed E-state index contributed by atoms with van der Waals surface area (Å²) < 4.78 is 10.9. The minimum absolute atomic E-state index is 0.0706. The molecule has 1 aliphatic rings. The third-order valence-electron chi connectivity index (χ3n) is 6.04. The number of alkyl halides is 1. The second-order valence-corrected chi connectivity index (χ2v) is 8.92. The number of rotatable bonds is 11. The van der Waals surface area contributed by atoms with Crippen molar-refractivity contribution in [3.8, 4) is 0 Å². The van der Waals surface area contributed by atoms with E-state index >= 15 is 0 Å². The average Bonchev–Trinajstić information content (AvgIpc) is 2.88. The SMILES string of the molecule is CCOC(=O)C1C(CCl)=NC(C)=C(C(=O)OCCN(C)Cc2ccccc2)C1c1cccc([N+](=O)[O-])c1. The first-order valence-corrected chi connectivity index (χ1v) is 12.4. The predicted molar refractivity (Wildman–Crippen MR) is 141 cm³/mol. The molecule has 2 atom stereocenters. The van der Waals surface area contributed by atoms with E-state index in [0.29, 0.717) is 30.1 Å². The highest BCUT2D eigenvalue weighted by Crippen LogP contribution is 2.41. The standard InChI is InChI=1S/C27H30ClN3O6/c1-4-36-27(33)25-22(16-28)29-18(2)23(24(25)20-11-8-12-21(15-20)31(34)35)26(32)37-14-13-30(3)17-19-9-6-5-7-10-19/h5-12,15,24-25H,4,13-14,16-17H2,1-3H3. The summed E-state index contributed by atoms with van der Waals surface area (Å²) >= 11 is 6.14. The van der Waals surface area contributed by atoms with Crippen LogP contribution in [0.4, 0.5) is 5.69 Å². The maximum absolute atomic E-state index is 13.4. The van der Waals surface area contributed by atoms with Gasteiger partial charge < -0.3 is 9.47 Å². The highest BCUT2D eigenvalue weighted by Gasteiger charge is 2.43. The first-order valence-electron chi connectivity index (χ1n) is 11.9. The molecular formula is C27H30ClN3O6. The Morgan fingerprint density at radius 1 is 1.14 bits per heavy atom. The Morgan fingerprint density at radius 2 is 1.86 bits per heavy atom. The van der Waals surface area contributed by atoms with Gasteiger partial charge in [-0.05, 0) is 32.0 Å². The molecular weight excluding hydrogens is 498 g/mol. The number of non-ortho nitro benzene ring substituents is 1. The molecule has 0 amide bonds. The van der Waals surface area contributed by atoms with Crippen molar-refractivity contribution in [3.63, 3.8) is 0 Å². The Labute approximate surface area is 220 Å². The summed E-state index contributed by atoms with van der Waals surface area (Å²) in [5.41, 5.74) is 2.19. The zero-order valence-electron chi connectivity index (χ0n) is 21.1. The van der Waals surface area contributed by atoms with Gasteiger partial charge in [-0.15, -0.1) is 11.6 Å². The molecule has 2 unspecified atom stereocenters. The van der Waals surface area contributed by atoms with E-state index in [1.54, 1.807) is 19.9 Å². The smallest absolute Gasteiger partial charge is 0.336 e. The Bertz CT molecular complexity index is 1200. The fraction of sp³-hybridized carbons (Fsp3) is 0.370. The molecule has 37 heavy (non-hydrogen) atoms. The molecule has 2 aromatic carbocycles. The van der Waals surface area contributed by atoms with Crippen molar-refractivity contribution < 1.29 is 24.0 Å². The molecule has 0 aromatic heterocycles. The number of aliphatic imine (C=N–C) groups is 1. The van der Waals surface area contributed by atoms with Crippen molar-refractivity contribution in [2.75, 3.05) is 32.7 Å². The number of hydrogen-bond acceptors (Lipinski definition) is 8. The molecule has 0 spiro atoms. The van der Waals surface area contributed by atoms with E-state index in [2.05, 4.69) is 4.99 Å². The summed E-state index contributed by atoms with van der Waals surface area (Å²) in [4.78, 5) is 43.8. The molecule has 0 fully saturated rings. The van der Waals surface area contributed by atoms with Crippen molar-refractivity contribution in [1.82, 2.24) is 4.90 Å². The minimum Gasteiger partial charge on any atom is -0.465 e. The molecule has 0 saturated heterocycles. The molecule has 2 aromatic rings. The van der Waals surface area contributed by atoms with E-state index in [4.69, 9.17) is 21.1 Å². The number of benzene rings is 2. The molecule has 1 aliphatic heterocycles. The molecule has 0 bridgehead atoms. The van der Waals surface area contributed by atoms with Crippen LogP contribution < -0.4 is 0 Å². The lowest BCUT2D eigenvalue weighted by Crippen LogP contribution is -2.38. The predicted octanol–water partition coefficient (Wildman–Crippen LogP) is 4.50. The third-order valence-corrected chi connectivity index (χ3v) is 6.32. The van der Waals surface area contributed by atoms with Crippen LogP contribution in [0.15, 0.2) is 70.9 Å².